The Morgan fingerprint density at radius 2 is 1.72 bits per heavy atom. The first kappa shape index (κ1) is 17.7. The number of sulfonamides is 1. The fourth-order valence-corrected chi connectivity index (χ4v) is 2.74. The van der Waals surface area contributed by atoms with E-state index in [0.29, 0.717) is 6.54 Å². The average molecular weight is 290 g/mol. The summed E-state index contributed by atoms with van der Waals surface area (Å²) >= 11 is 0. The molecule has 4 nitrogen and oxygen atoms in total. The number of hydrogen-bond acceptors (Lipinski definition) is 3. The van der Waals surface area contributed by atoms with Crippen molar-refractivity contribution in [1.29, 1.82) is 0 Å². The predicted octanol–water partition coefficient (Wildman–Crippen LogP) is 1.58. The second-order valence-corrected chi connectivity index (χ2v) is 7.35. The highest BCUT2D eigenvalue weighted by atomic mass is 32.2. The van der Waals surface area contributed by atoms with Crippen LogP contribution in [0.5, 0.6) is 0 Å². The van der Waals surface area contributed by atoms with E-state index in [4.69, 9.17) is 5.73 Å². The molecule has 0 saturated carbocycles. The molecule has 0 rings (SSSR count). The number of hydrogen-bond donors (Lipinski definition) is 1. The molecule has 0 aliphatic rings. The first-order chi connectivity index (χ1) is 7.90. The molecule has 0 fully saturated rings. The van der Waals surface area contributed by atoms with Crippen molar-refractivity contribution >= 4 is 10.0 Å². The molecular weight excluding hydrogens is 269 g/mol. The summed E-state index contributed by atoms with van der Waals surface area (Å²) in [4.78, 5) is 0. The zero-order valence-corrected chi connectivity index (χ0v) is 11.7. The maximum Gasteiger partial charge on any atom is 0.389 e. The van der Waals surface area contributed by atoms with Gasteiger partial charge in [-0.3, -0.25) is 0 Å². The Balaban J connectivity index is 4.38. The van der Waals surface area contributed by atoms with Gasteiger partial charge in [0.2, 0.25) is 10.0 Å². The van der Waals surface area contributed by atoms with Crippen LogP contribution in [-0.4, -0.2) is 44.8 Å². The summed E-state index contributed by atoms with van der Waals surface area (Å²) in [7, 11) is -2.29. The van der Waals surface area contributed by atoms with Gasteiger partial charge in [-0.2, -0.15) is 13.2 Å². The molecule has 0 radical (unpaired) electrons. The summed E-state index contributed by atoms with van der Waals surface area (Å²) < 4.78 is 60.3. The maximum absolute atomic E-state index is 11.9. The van der Waals surface area contributed by atoms with Crippen molar-refractivity contribution in [3.8, 4) is 0 Å². The van der Waals surface area contributed by atoms with Crippen molar-refractivity contribution < 1.29 is 21.6 Å². The zero-order valence-electron chi connectivity index (χ0n) is 10.9. The van der Waals surface area contributed by atoms with E-state index in [-0.39, 0.29) is 6.54 Å². The summed E-state index contributed by atoms with van der Waals surface area (Å²) in [6, 6.07) is 0. The molecule has 0 spiro atoms. The topological polar surface area (TPSA) is 63.4 Å². The minimum absolute atomic E-state index is 0.192. The number of alkyl halides is 3. The van der Waals surface area contributed by atoms with Crippen LogP contribution in [-0.2, 0) is 10.0 Å². The fraction of sp³-hybridized carbons (Fsp3) is 1.00. The monoisotopic (exact) mass is 290 g/mol. The van der Waals surface area contributed by atoms with E-state index in [1.54, 1.807) is 13.8 Å². The van der Waals surface area contributed by atoms with Crippen LogP contribution in [0.3, 0.4) is 0 Å². The van der Waals surface area contributed by atoms with Crippen LogP contribution in [0, 0.1) is 5.41 Å². The molecule has 18 heavy (non-hydrogen) atoms. The molecule has 0 aliphatic heterocycles. The van der Waals surface area contributed by atoms with Gasteiger partial charge in [-0.05, 0) is 18.4 Å². The smallest absolute Gasteiger partial charge is 0.330 e. The lowest BCUT2D eigenvalue weighted by molar-refractivity contribution is -0.134. The Morgan fingerprint density at radius 1 is 1.22 bits per heavy atom. The predicted molar refractivity (Wildman–Crippen MR) is 64.5 cm³/mol. The number of nitrogens with zero attached hydrogens (tertiary/aromatic N) is 1. The van der Waals surface area contributed by atoms with Crippen LogP contribution >= 0.6 is 0 Å². The van der Waals surface area contributed by atoms with E-state index in [1.807, 2.05) is 0 Å². The van der Waals surface area contributed by atoms with Gasteiger partial charge in [0.15, 0.2) is 0 Å². The minimum atomic E-state index is -4.31. The molecule has 2 N–H and O–H groups in total. The molecule has 0 bridgehead atoms. The van der Waals surface area contributed by atoms with E-state index in [2.05, 4.69) is 0 Å². The standard InChI is InChI=1S/C10H21F3N2O2S/c1-9(2,7-14)8-15(3)18(16,17)6-4-5-10(11,12)13/h4-8,14H2,1-3H3. The fourth-order valence-electron chi connectivity index (χ4n) is 1.38. The van der Waals surface area contributed by atoms with Gasteiger partial charge in [-0.25, -0.2) is 12.7 Å². The lowest BCUT2D eigenvalue weighted by Crippen LogP contribution is -2.40. The Hall–Kier alpha value is -0.340. The SMILES string of the molecule is CN(CC(C)(C)CN)S(=O)(=O)CCCC(F)(F)F. The Kier molecular flexibility index (Phi) is 6.09. The van der Waals surface area contributed by atoms with Crippen molar-refractivity contribution in [2.24, 2.45) is 11.1 Å². The van der Waals surface area contributed by atoms with Gasteiger partial charge in [0.1, 0.15) is 0 Å². The maximum atomic E-state index is 11.9. The third-order valence-electron chi connectivity index (χ3n) is 2.54. The Bertz CT molecular complexity index is 353. The Labute approximate surface area is 106 Å². The summed E-state index contributed by atoms with van der Waals surface area (Å²) in [5.41, 5.74) is 5.09. The lowest BCUT2D eigenvalue weighted by atomic mass is 9.94. The van der Waals surface area contributed by atoms with Gasteiger partial charge in [-0.15, -0.1) is 0 Å². The Morgan fingerprint density at radius 3 is 2.11 bits per heavy atom. The highest BCUT2D eigenvalue weighted by molar-refractivity contribution is 7.89. The van der Waals surface area contributed by atoms with E-state index in [9.17, 15) is 21.6 Å². The molecular formula is C10H21F3N2O2S. The molecule has 110 valence electrons. The molecule has 0 aromatic carbocycles. The summed E-state index contributed by atoms with van der Waals surface area (Å²) in [6.07, 6.45) is -5.82. The molecule has 0 atom stereocenters. The lowest BCUT2D eigenvalue weighted by Gasteiger charge is -2.28. The third-order valence-corrected chi connectivity index (χ3v) is 4.42. The summed E-state index contributed by atoms with van der Waals surface area (Å²) in [5.74, 6) is -0.496. The average Bonchev–Trinajstić information content (AvgIpc) is 2.14. The number of halogens is 3. The van der Waals surface area contributed by atoms with Gasteiger partial charge in [0, 0.05) is 20.0 Å². The van der Waals surface area contributed by atoms with Gasteiger partial charge in [0.25, 0.3) is 0 Å². The largest absolute Gasteiger partial charge is 0.389 e. The van der Waals surface area contributed by atoms with Crippen LogP contribution in [0.25, 0.3) is 0 Å². The molecule has 0 saturated heterocycles. The second-order valence-electron chi connectivity index (χ2n) is 5.16. The number of rotatable bonds is 7. The first-order valence-electron chi connectivity index (χ1n) is 5.60. The van der Waals surface area contributed by atoms with Crippen molar-refractivity contribution in [1.82, 2.24) is 4.31 Å². The van der Waals surface area contributed by atoms with Crippen LogP contribution in [0.1, 0.15) is 26.7 Å². The third kappa shape index (κ3) is 7.17. The van der Waals surface area contributed by atoms with Gasteiger partial charge >= 0.3 is 6.18 Å². The first-order valence-corrected chi connectivity index (χ1v) is 7.21. The van der Waals surface area contributed by atoms with Crippen molar-refractivity contribution in [3.05, 3.63) is 0 Å². The van der Waals surface area contributed by atoms with Crippen molar-refractivity contribution in [2.45, 2.75) is 32.9 Å². The van der Waals surface area contributed by atoms with E-state index in [0.717, 1.165) is 4.31 Å². The van der Waals surface area contributed by atoms with Gasteiger partial charge in [0.05, 0.1) is 5.75 Å². The molecule has 0 amide bonds. The quantitative estimate of drug-likeness (QED) is 0.774. The molecule has 8 heteroatoms. The molecule has 0 aromatic heterocycles. The highest BCUT2D eigenvalue weighted by Gasteiger charge is 2.29. The highest BCUT2D eigenvalue weighted by Crippen LogP contribution is 2.22. The molecule has 0 heterocycles. The van der Waals surface area contributed by atoms with Crippen LogP contribution < -0.4 is 5.73 Å². The van der Waals surface area contributed by atoms with Crippen LogP contribution in [0.15, 0.2) is 0 Å². The van der Waals surface area contributed by atoms with E-state index >= 15 is 0 Å². The molecule has 0 unspecified atom stereocenters. The van der Waals surface area contributed by atoms with Crippen LogP contribution in [0.4, 0.5) is 13.2 Å². The minimum Gasteiger partial charge on any atom is -0.330 e. The van der Waals surface area contributed by atoms with Crippen LogP contribution in [0.2, 0.25) is 0 Å². The normalized spacial score (nSPS) is 14.2. The molecule has 0 aromatic rings. The molecule has 0 aliphatic carbocycles. The van der Waals surface area contributed by atoms with E-state index < -0.39 is 40.2 Å². The van der Waals surface area contributed by atoms with Gasteiger partial charge < -0.3 is 5.73 Å². The van der Waals surface area contributed by atoms with E-state index in [1.165, 1.54) is 7.05 Å². The summed E-state index contributed by atoms with van der Waals surface area (Å²) in [5, 5.41) is 0. The zero-order chi connectivity index (χ0) is 14.6. The second kappa shape index (κ2) is 6.21. The van der Waals surface area contributed by atoms with Crippen molar-refractivity contribution in [3.63, 3.8) is 0 Å². The van der Waals surface area contributed by atoms with Crippen molar-refractivity contribution in [2.75, 3.05) is 25.9 Å². The number of nitrogens with two attached hydrogens (primary N) is 1. The summed E-state index contributed by atoms with van der Waals surface area (Å²) in [6.45, 7) is 4.09. The van der Waals surface area contributed by atoms with Gasteiger partial charge in [-0.1, -0.05) is 13.8 Å².